The molecule has 1 saturated heterocycles. The van der Waals surface area contributed by atoms with Gasteiger partial charge in [0.15, 0.2) is 5.11 Å². The molecule has 0 aliphatic carbocycles. The molecule has 0 bridgehead atoms. The first kappa shape index (κ1) is 20.3. The molecule has 6 heteroatoms. The highest BCUT2D eigenvalue weighted by Crippen LogP contribution is 2.42. The van der Waals surface area contributed by atoms with Crippen LogP contribution in [-0.2, 0) is 0 Å². The fourth-order valence-corrected chi connectivity index (χ4v) is 4.71. The average Bonchev–Trinajstić information content (AvgIpc) is 3.44. The standard InChI is InChI=1S/C26H24N4OS/c1-18-8-3-4-10-22(18)29-17-7-11-23(29)25-24(21-9-5-6-16-27-21)28-26(32)30(25)19-12-14-20(31-2)15-13-19/h3-17,24-25H,1-2H3,(H,28,32)/t24-,25-/m1/s1. The monoisotopic (exact) mass is 440 g/mol. The summed E-state index contributed by atoms with van der Waals surface area (Å²) in [5, 5.41) is 4.20. The highest BCUT2D eigenvalue weighted by atomic mass is 32.1. The molecule has 32 heavy (non-hydrogen) atoms. The number of aryl methyl sites for hydroxylation is 1. The normalized spacial score (nSPS) is 17.9. The van der Waals surface area contributed by atoms with Gasteiger partial charge in [-0.2, -0.15) is 0 Å². The van der Waals surface area contributed by atoms with Gasteiger partial charge in [0.05, 0.1) is 18.8 Å². The second kappa shape index (κ2) is 8.48. The number of thiocarbonyl (C=S) groups is 1. The molecule has 5 rings (SSSR count). The number of ether oxygens (including phenoxy) is 1. The largest absolute Gasteiger partial charge is 0.497 e. The number of hydrogen-bond donors (Lipinski definition) is 1. The van der Waals surface area contributed by atoms with E-state index in [1.807, 2.05) is 48.7 Å². The lowest BCUT2D eigenvalue weighted by Crippen LogP contribution is -2.30. The molecule has 1 aliphatic heterocycles. The number of methoxy groups -OCH3 is 1. The van der Waals surface area contributed by atoms with Crippen LogP contribution in [-0.4, -0.2) is 21.8 Å². The van der Waals surface area contributed by atoms with Crippen LogP contribution in [0.15, 0.2) is 91.3 Å². The van der Waals surface area contributed by atoms with Crippen LogP contribution in [0.4, 0.5) is 5.69 Å². The Kier molecular flexibility index (Phi) is 5.37. The molecule has 0 spiro atoms. The maximum absolute atomic E-state index is 5.84. The molecule has 160 valence electrons. The SMILES string of the molecule is COc1ccc(N2C(=S)N[C@H](c3ccccn3)[C@H]2c2cccn2-c2ccccc2C)cc1. The fraction of sp³-hybridized carbons (Fsp3) is 0.154. The second-order valence-corrected chi connectivity index (χ2v) is 8.17. The highest BCUT2D eigenvalue weighted by Gasteiger charge is 2.42. The van der Waals surface area contributed by atoms with Crippen molar-refractivity contribution in [2.24, 2.45) is 0 Å². The maximum atomic E-state index is 5.84. The first-order chi connectivity index (χ1) is 15.7. The van der Waals surface area contributed by atoms with Crippen molar-refractivity contribution in [2.45, 2.75) is 19.0 Å². The van der Waals surface area contributed by atoms with E-state index < -0.39 is 0 Å². The number of anilines is 1. The maximum Gasteiger partial charge on any atom is 0.174 e. The van der Waals surface area contributed by atoms with E-state index in [1.54, 1.807) is 7.11 Å². The van der Waals surface area contributed by atoms with Crippen molar-refractivity contribution in [2.75, 3.05) is 12.0 Å². The summed E-state index contributed by atoms with van der Waals surface area (Å²) in [6.45, 7) is 2.13. The summed E-state index contributed by atoms with van der Waals surface area (Å²) >= 11 is 5.84. The van der Waals surface area contributed by atoms with Crippen LogP contribution in [0.1, 0.15) is 29.0 Å². The Morgan fingerprint density at radius 1 is 0.938 bits per heavy atom. The molecule has 0 amide bonds. The molecule has 3 heterocycles. The van der Waals surface area contributed by atoms with Crippen molar-refractivity contribution in [3.63, 3.8) is 0 Å². The molecular weight excluding hydrogens is 416 g/mol. The average molecular weight is 441 g/mol. The van der Waals surface area contributed by atoms with Gasteiger partial charge >= 0.3 is 0 Å². The van der Waals surface area contributed by atoms with Crippen molar-refractivity contribution < 1.29 is 4.74 Å². The van der Waals surface area contributed by atoms with Crippen molar-refractivity contribution in [3.8, 4) is 11.4 Å². The molecule has 0 unspecified atom stereocenters. The highest BCUT2D eigenvalue weighted by molar-refractivity contribution is 7.80. The van der Waals surface area contributed by atoms with Gasteiger partial charge in [-0.05, 0) is 79.3 Å². The molecule has 2 atom stereocenters. The summed E-state index contributed by atoms with van der Waals surface area (Å²) in [4.78, 5) is 6.83. The molecule has 5 nitrogen and oxygen atoms in total. The summed E-state index contributed by atoms with van der Waals surface area (Å²) < 4.78 is 7.61. The molecule has 2 aromatic carbocycles. The predicted octanol–water partition coefficient (Wildman–Crippen LogP) is 5.37. The van der Waals surface area contributed by atoms with Gasteiger partial charge in [-0.25, -0.2) is 0 Å². The number of rotatable bonds is 5. The number of nitrogens with zero attached hydrogens (tertiary/aromatic N) is 3. The van der Waals surface area contributed by atoms with Gasteiger partial charge in [0.25, 0.3) is 0 Å². The minimum absolute atomic E-state index is 0.0830. The summed E-state index contributed by atoms with van der Waals surface area (Å²) in [5.41, 5.74) is 5.46. The first-order valence-corrected chi connectivity index (χ1v) is 11.0. The number of para-hydroxylation sites is 1. The number of benzene rings is 2. The molecule has 1 aliphatic rings. The van der Waals surface area contributed by atoms with Gasteiger partial charge in [-0.1, -0.05) is 24.3 Å². The predicted molar refractivity (Wildman–Crippen MR) is 131 cm³/mol. The van der Waals surface area contributed by atoms with Gasteiger partial charge in [0.1, 0.15) is 11.8 Å². The zero-order valence-corrected chi connectivity index (χ0v) is 18.8. The van der Waals surface area contributed by atoms with Crippen LogP contribution in [0.3, 0.4) is 0 Å². The molecule has 2 aromatic heterocycles. The van der Waals surface area contributed by atoms with Crippen molar-refractivity contribution in [1.29, 1.82) is 0 Å². The van der Waals surface area contributed by atoms with Gasteiger partial charge in [0.2, 0.25) is 0 Å². The summed E-state index contributed by atoms with van der Waals surface area (Å²) in [5.74, 6) is 0.813. The van der Waals surface area contributed by atoms with Crippen molar-refractivity contribution >= 4 is 23.0 Å². The summed E-state index contributed by atoms with van der Waals surface area (Å²) in [7, 11) is 1.67. The third kappa shape index (κ3) is 3.52. The Hall–Kier alpha value is -3.64. The third-order valence-corrected chi connectivity index (χ3v) is 6.22. The Balaban J connectivity index is 1.66. The molecular formula is C26H24N4OS. The van der Waals surface area contributed by atoms with Crippen molar-refractivity contribution in [3.05, 3.63) is 108 Å². The number of nitrogens with one attached hydrogen (secondary N) is 1. The topological polar surface area (TPSA) is 42.3 Å². The third-order valence-electron chi connectivity index (χ3n) is 5.91. The smallest absolute Gasteiger partial charge is 0.174 e. The fourth-order valence-electron chi connectivity index (χ4n) is 4.36. The van der Waals surface area contributed by atoms with E-state index in [1.165, 1.54) is 5.56 Å². The number of aromatic nitrogens is 2. The van der Waals surface area contributed by atoms with E-state index in [2.05, 4.69) is 69.3 Å². The van der Waals surface area contributed by atoms with Crippen LogP contribution >= 0.6 is 12.2 Å². The number of pyridine rings is 1. The molecule has 1 fully saturated rings. The minimum Gasteiger partial charge on any atom is -0.497 e. The van der Waals surface area contributed by atoms with Crippen LogP contribution in [0.5, 0.6) is 5.75 Å². The van der Waals surface area contributed by atoms with E-state index in [-0.39, 0.29) is 12.1 Å². The second-order valence-electron chi connectivity index (χ2n) is 7.78. The lowest BCUT2D eigenvalue weighted by atomic mass is 10.0. The zero-order valence-electron chi connectivity index (χ0n) is 18.0. The van der Waals surface area contributed by atoms with Crippen LogP contribution in [0.2, 0.25) is 0 Å². The minimum atomic E-state index is -0.0940. The summed E-state index contributed by atoms with van der Waals surface area (Å²) in [6.07, 6.45) is 3.94. The van der Waals surface area contributed by atoms with Crippen LogP contribution in [0, 0.1) is 6.92 Å². The quantitative estimate of drug-likeness (QED) is 0.423. The molecule has 1 N–H and O–H groups in total. The Bertz CT molecular complexity index is 1240. The van der Waals surface area contributed by atoms with E-state index in [0.29, 0.717) is 5.11 Å². The van der Waals surface area contributed by atoms with Gasteiger partial charge in [-0.15, -0.1) is 0 Å². The van der Waals surface area contributed by atoms with Crippen molar-refractivity contribution in [1.82, 2.24) is 14.9 Å². The Morgan fingerprint density at radius 3 is 2.44 bits per heavy atom. The van der Waals surface area contributed by atoms with E-state index in [9.17, 15) is 0 Å². The molecule has 0 radical (unpaired) electrons. The lowest BCUT2D eigenvalue weighted by molar-refractivity contribution is 0.415. The molecule has 0 saturated carbocycles. The lowest BCUT2D eigenvalue weighted by Gasteiger charge is -2.29. The van der Waals surface area contributed by atoms with E-state index >= 15 is 0 Å². The van der Waals surface area contributed by atoms with Gasteiger partial charge < -0.3 is 19.5 Å². The van der Waals surface area contributed by atoms with Gasteiger partial charge in [0, 0.05) is 29.5 Å². The Morgan fingerprint density at radius 2 is 1.72 bits per heavy atom. The first-order valence-electron chi connectivity index (χ1n) is 10.6. The Labute approximate surface area is 193 Å². The van der Waals surface area contributed by atoms with E-state index in [4.69, 9.17) is 17.0 Å². The van der Waals surface area contributed by atoms with Crippen LogP contribution < -0.4 is 15.0 Å². The molecule has 4 aromatic rings. The zero-order chi connectivity index (χ0) is 22.1. The van der Waals surface area contributed by atoms with Gasteiger partial charge in [-0.3, -0.25) is 4.98 Å². The van der Waals surface area contributed by atoms with E-state index in [0.717, 1.165) is 28.5 Å². The number of hydrogen-bond acceptors (Lipinski definition) is 3. The summed E-state index contributed by atoms with van der Waals surface area (Å²) in [6, 6.07) is 26.5. The van der Waals surface area contributed by atoms with Crippen LogP contribution in [0.25, 0.3) is 5.69 Å².